The second kappa shape index (κ2) is 9.26. The summed E-state index contributed by atoms with van der Waals surface area (Å²) < 4.78 is 23.9. The van der Waals surface area contributed by atoms with Crippen molar-refractivity contribution in [3.05, 3.63) is 54.1 Å². The molecule has 1 aliphatic heterocycles. The molecular weight excluding hydrogens is 337 g/mol. The van der Waals surface area contributed by atoms with Crippen molar-refractivity contribution in [3.63, 3.8) is 0 Å². The Kier molecular flexibility index (Phi) is 6.51. The molecule has 2 aromatic rings. The zero-order valence-corrected chi connectivity index (χ0v) is 14.5. The van der Waals surface area contributed by atoms with E-state index in [-0.39, 0.29) is 17.4 Å². The fourth-order valence-electron chi connectivity index (χ4n) is 2.63. The summed E-state index contributed by atoms with van der Waals surface area (Å²) in [6.07, 6.45) is 2.46. The van der Waals surface area contributed by atoms with Crippen LogP contribution >= 0.6 is 0 Å². The van der Waals surface area contributed by atoms with Crippen LogP contribution in [0.15, 0.2) is 42.6 Å². The molecule has 1 N–H and O–H groups in total. The lowest BCUT2D eigenvalue weighted by molar-refractivity contribution is 0.0358. The Hall–Kier alpha value is -2.51. The summed E-state index contributed by atoms with van der Waals surface area (Å²) in [4.78, 5) is 18.6. The average Bonchev–Trinajstić information content (AvgIpc) is 2.68. The van der Waals surface area contributed by atoms with Crippen molar-refractivity contribution in [2.24, 2.45) is 0 Å². The van der Waals surface area contributed by atoms with Gasteiger partial charge in [-0.25, -0.2) is 9.37 Å². The molecule has 2 heterocycles. The third kappa shape index (κ3) is 5.50. The molecular formula is C19H22FN3O3. The fraction of sp³-hybridized carbons (Fsp3) is 0.368. The third-order valence-electron chi connectivity index (χ3n) is 4.06. The van der Waals surface area contributed by atoms with Gasteiger partial charge in [0, 0.05) is 25.3 Å². The summed E-state index contributed by atoms with van der Waals surface area (Å²) in [6.45, 7) is 5.12. The summed E-state index contributed by atoms with van der Waals surface area (Å²) in [5.74, 6) is -0.0722. The number of rotatable bonds is 7. The number of pyridine rings is 1. The Morgan fingerprint density at radius 3 is 2.65 bits per heavy atom. The van der Waals surface area contributed by atoms with Gasteiger partial charge < -0.3 is 14.8 Å². The van der Waals surface area contributed by atoms with Crippen LogP contribution in [0, 0.1) is 5.82 Å². The molecule has 1 aromatic heterocycles. The van der Waals surface area contributed by atoms with Crippen molar-refractivity contribution >= 4 is 11.6 Å². The number of halogens is 1. The molecule has 3 rings (SSSR count). The minimum Gasteiger partial charge on any atom is -0.492 e. The van der Waals surface area contributed by atoms with E-state index in [1.807, 2.05) is 0 Å². The molecule has 0 radical (unpaired) electrons. The number of aromatic nitrogens is 1. The topological polar surface area (TPSA) is 63.7 Å². The molecule has 138 valence electrons. The van der Waals surface area contributed by atoms with Crippen LogP contribution in [0.5, 0.6) is 5.75 Å². The summed E-state index contributed by atoms with van der Waals surface area (Å²) in [5, 5.41) is 2.67. The predicted molar refractivity (Wildman–Crippen MR) is 96.0 cm³/mol. The smallest absolute Gasteiger partial charge is 0.274 e. The number of nitrogens with one attached hydrogen (secondary N) is 1. The van der Waals surface area contributed by atoms with Crippen LogP contribution in [-0.4, -0.2) is 55.2 Å². The Balaban J connectivity index is 1.42. The highest BCUT2D eigenvalue weighted by Crippen LogP contribution is 2.13. The second-order valence-corrected chi connectivity index (χ2v) is 6.00. The van der Waals surface area contributed by atoms with Crippen LogP contribution < -0.4 is 10.1 Å². The standard InChI is InChI=1S/C19H22FN3O3/c20-15-2-4-16(5-3-15)22-19(24)18-7-6-17(14-21-18)26-11-1-8-23-9-12-25-13-10-23/h2-7,14H,1,8-13H2,(H,22,24). The summed E-state index contributed by atoms with van der Waals surface area (Å²) in [5.41, 5.74) is 0.789. The Bertz CT molecular complexity index is 701. The van der Waals surface area contributed by atoms with Gasteiger partial charge in [0.2, 0.25) is 0 Å². The number of carbonyl (C=O) groups is 1. The molecule has 7 heteroatoms. The number of carbonyl (C=O) groups excluding carboxylic acids is 1. The van der Waals surface area contributed by atoms with Gasteiger partial charge in [-0.3, -0.25) is 9.69 Å². The Labute approximate surface area is 151 Å². The first-order valence-electron chi connectivity index (χ1n) is 8.66. The number of hydrogen-bond donors (Lipinski definition) is 1. The van der Waals surface area contributed by atoms with Gasteiger partial charge in [0.1, 0.15) is 17.3 Å². The van der Waals surface area contributed by atoms with Crippen LogP contribution in [0.4, 0.5) is 10.1 Å². The van der Waals surface area contributed by atoms with Crippen molar-refractivity contribution < 1.29 is 18.7 Å². The predicted octanol–water partition coefficient (Wildman–Crippen LogP) is 2.57. The van der Waals surface area contributed by atoms with Gasteiger partial charge in [0.05, 0.1) is 26.0 Å². The monoisotopic (exact) mass is 359 g/mol. The molecule has 26 heavy (non-hydrogen) atoms. The molecule has 1 aliphatic rings. The summed E-state index contributed by atoms with van der Waals surface area (Å²) in [7, 11) is 0. The maximum Gasteiger partial charge on any atom is 0.274 e. The van der Waals surface area contributed by atoms with E-state index in [0.29, 0.717) is 18.0 Å². The lowest BCUT2D eigenvalue weighted by atomic mass is 10.3. The normalized spacial score (nSPS) is 14.8. The van der Waals surface area contributed by atoms with Crippen molar-refractivity contribution in [1.29, 1.82) is 0 Å². The van der Waals surface area contributed by atoms with E-state index in [4.69, 9.17) is 9.47 Å². The summed E-state index contributed by atoms with van der Waals surface area (Å²) >= 11 is 0. The zero-order chi connectivity index (χ0) is 18.2. The van der Waals surface area contributed by atoms with Crippen molar-refractivity contribution in [2.45, 2.75) is 6.42 Å². The number of benzene rings is 1. The highest BCUT2D eigenvalue weighted by molar-refractivity contribution is 6.02. The van der Waals surface area contributed by atoms with E-state index < -0.39 is 0 Å². The van der Waals surface area contributed by atoms with E-state index in [0.717, 1.165) is 39.3 Å². The number of nitrogens with zero attached hydrogens (tertiary/aromatic N) is 2. The highest BCUT2D eigenvalue weighted by atomic mass is 19.1. The van der Waals surface area contributed by atoms with Crippen LogP contribution in [0.1, 0.15) is 16.9 Å². The SMILES string of the molecule is O=C(Nc1ccc(F)cc1)c1ccc(OCCCN2CCOCC2)cn1. The van der Waals surface area contributed by atoms with E-state index in [1.165, 1.54) is 30.5 Å². The molecule has 6 nitrogen and oxygen atoms in total. The Morgan fingerprint density at radius 2 is 1.96 bits per heavy atom. The third-order valence-corrected chi connectivity index (χ3v) is 4.06. The van der Waals surface area contributed by atoms with Gasteiger partial charge in [-0.2, -0.15) is 0 Å². The van der Waals surface area contributed by atoms with E-state index >= 15 is 0 Å². The fourth-order valence-corrected chi connectivity index (χ4v) is 2.63. The van der Waals surface area contributed by atoms with E-state index in [1.54, 1.807) is 12.1 Å². The largest absolute Gasteiger partial charge is 0.492 e. The van der Waals surface area contributed by atoms with Crippen molar-refractivity contribution in [3.8, 4) is 5.75 Å². The maximum absolute atomic E-state index is 12.9. The molecule has 1 amide bonds. The quantitative estimate of drug-likeness (QED) is 0.770. The van der Waals surface area contributed by atoms with Gasteiger partial charge in [-0.15, -0.1) is 0 Å². The molecule has 0 unspecified atom stereocenters. The number of ether oxygens (including phenoxy) is 2. The molecule has 1 fully saturated rings. The van der Waals surface area contributed by atoms with E-state index in [9.17, 15) is 9.18 Å². The summed E-state index contributed by atoms with van der Waals surface area (Å²) in [6, 6.07) is 8.91. The lowest BCUT2D eigenvalue weighted by Crippen LogP contribution is -2.37. The minimum absolute atomic E-state index is 0.273. The second-order valence-electron chi connectivity index (χ2n) is 6.00. The first kappa shape index (κ1) is 18.3. The number of hydrogen-bond acceptors (Lipinski definition) is 5. The van der Waals surface area contributed by atoms with Gasteiger partial charge >= 0.3 is 0 Å². The number of anilines is 1. The van der Waals surface area contributed by atoms with Crippen molar-refractivity contribution in [2.75, 3.05) is 44.8 Å². The molecule has 1 aromatic carbocycles. The first-order valence-corrected chi connectivity index (χ1v) is 8.66. The van der Waals surface area contributed by atoms with Gasteiger partial charge in [0.15, 0.2) is 0 Å². The van der Waals surface area contributed by atoms with Crippen molar-refractivity contribution in [1.82, 2.24) is 9.88 Å². The molecule has 0 aliphatic carbocycles. The highest BCUT2D eigenvalue weighted by Gasteiger charge is 2.10. The van der Waals surface area contributed by atoms with Gasteiger partial charge in [-0.1, -0.05) is 0 Å². The zero-order valence-electron chi connectivity index (χ0n) is 14.5. The van der Waals surface area contributed by atoms with Crippen LogP contribution in [0.25, 0.3) is 0 Å². The van der Waals surface area contributed by atoms with Crippen LogP contribution in [-0.2, 0) is 4.74 Å². The van der Waals surface area contributed by atoms with Crippen LogP contribution in [0.3, 0.4) is 0 Å². The molecule has 0 atom stereocenters. The molecule has 0 saturated carbocycles. The lowest BCUT2D eigenvalue weighted by Gasteiger charge is -2.26. The average molecular weight is 359 g/mol. The van der Waals surface area contributed by atoms with Gasteiger partial charge in [-0.05, 0) is 42.8 Å². The van der Waals surface area contributed by atoms with Crippen LogP contribution in [0.2, 0.25) is 0 Å². The first-order chi connectivity index (χ1) is 12.7. The number of morpholine rings is 1. The minimum atomic E-state index is -0.351. The van der Waals surface area contributed by atoms with Gasteiger partial charge in [0.25, 0.3) is 5.91 Å². The molecule has 0 bridgehead atoms. The molecule has 1 saturated heterocycles. The van der Waals surface area contributed by atoms with E-state index in [2.05, 4.69) is 15.2 Å². The Morgan fingerprint density at radius 1 is 1.19 bits per heavy atom. The number of amides is 1. The molecule has 0 spiro atoms. The maximum atomic E-state index is 12.9.